The summed E-state index contributed by atoms with van der Waals surface area (Å²) in [5.74, 6) is 5.78. The molecule has 4 aromatic rings. The van der Waals surface area contributed by atoms with Gasteiger partial charge in [-0.15, -0.1) is 0 Å². The molecule has 0 radical (unpaired) electrons. The van der Waals surface area contributed by atoms with E-state index in [9.17, 15) is 4.79 Å². The zero-order valence-electron chi connectivity index (χ0n) is 14.4. The fraction of sp³-hybridized carbons (Fsp3) is 0.105. The van der Waals surface area contributed by atoms with Crippen LogP contribution in [0.3, 0.4) is 0 Å². The SMILES string of the molecule is Cc1ccc(C)c(NC(=O)c2c(N)n(N)c3nc4ccccc4nc23)c1. The molecule has 2 heterocycles. The lowest BCUT2D eigenvalue weighted by atomic mass is 10.1. The molecule has 7 heteroatoms. The van der Waals surface area contributed by atoms with Crippen molar-refractivity contribution >= 4 is 39.6 Å². The average molecular weight is 346 g/mol. The van der Waals surface area contributed by atoms with Crippen molar-refractivity contribution in [2.45, 2.75) is 13.8 Å². The van der Waals surface area contributed by atoms with Crippen molar-refractivity contribution in [3.05, 3.63) is 59.2 Å². The van der Waals surface area contributed by atoms with Crippen LogP contribution in [-0.4, -0.2) is 20.6 Å². The van der Waals surface area contributed by atoms with E-state index in [1.165, 1.54) is 4.68 Å². The molecule has 7 nitrogen and oxygen atoms in total. The summed E-state index contributed by atoms with van der Waals surface area (Å²) in [6.45, 7) is 3.89. The summed E-state index contributed by atoms with van der Waals surface area (Å²) < 4.78 is 1.20. The van der Waals surface area contributed by atoms with Gasteiger partial charge in [0.25, 0.3) is 5.91 Å². The number of nitrogens with two attached hydrogens (primary N) is 2. The summed E-state index contributed by atoms with van der Waals surface area (Å²) in [5, 5.41) is 2.91. The van der Waals surface area contributed by atoms with Gasteiger partial charge in [0.1, 0.15) is 16.9 Å². The number of amides is 1. The van der Waals surface area contributed by atoms with Gasteiger partial charge in [0.2, 0.25) is 0 Å². The summed E-state index contributed by atoms with van der Waals surface area (Å²) in [5.41, 5.74) is 11.2. The highest BCUT2D eigenvalue weighted by Crippen LogP contribution is 2.27. The van der Waals surface area contributed by atoms with Crippen LogP contribution in [0, 0.1) is 13.8 Å². The second-order valence-corrected chi connectivity index (χ2v) is 6.29. The number of fused-ring (bicyclic) bond motifs is 2. The number of carbonyl (C=O) groups is 1. The van der Waals surface area contributed by atoms with Gasteiger partial charge in [-0.05, 0) is 43.2 Å². The molecule has 2 aromatic carbocycles. The predicted octanol–water partition coefficient (Wildman–Crippen LogP) is 2.75. The number of hydrogen-bond donors (Lipinski definition) is 3. The van der Waals surface area contributed by atoms with Crippen LogP contribution in [-0.2, 0) is 0 Å². The Morgan fingerprint density at radius 1 is 1.08 bits per heavy atom. The highest BCUT2D eigenvalue weighted by Gasteiger charge is 2.23. The Morgan fingerprint density at radius 3 is 2.50 bits per heavy atom. The van der Waals surface area contributed by atoms with E-state index in [1.807, 2.05) is 56.3 Å². The monoisotopic (exact) mass is 346 g/mol. The summed E-state index contributed by atoms with van der Waals surface area (Å²) in [6.07, 6.45) is 0. The molecule has 0 aliphatic heterocycles. The molecule has 0 atom stereocenters. The molecule has 0 bridgehead atoms. The third-order valence-corrected chi connectivity index (χ3v) is 4.40. The highest BCUT2D eigenvalue weighted by molar-refractivity contribution is 6.16. The van der Waals surface area contributed by atoms with Crippen molar-refractivity contribution < 1.29 is 4.79 Å². The molecule has 0 saturated carbocycles. The van der Waals surface area contributed by atoms with Crippen LogP contribution < -0.4 is 16.9 Å². The first-order valence-corrected chi connectivity index (χ1v) is 8.16. The number of nitrogens with one attached hydrogen (secondary N) is 1. The first kappa shape index (κ1) is 15.9. The number of hydrogen-bond acceptors (Lipinski definition) is 5. The molecule has 0 unspecified atom stereocenters. The van der Waals surface area contributed by atoms with Gasteiger partial charge < -0.3 is 16.9 Å². The molecule has 0 fully saturated rings. The Balaban J connectivity index is 1.87. The maximum Gasteiger partial charge on any atom is 0.261 e. The molecular formula is C19H18N6O. The van der Waals surface area contributed by atoms with Crippen LogP contribution in [0.4, 0.5) is 11.5 Å². The number of rotatable bonds is 2. The van der Waals surface area contributed by atoms with Crippen LogP contribution in [0.15, 0.2) is 42.5 Å². The first-order valence-electron chi connectivity index (χ1n) is 8.16. The molecule has 0 aliphatic rings. The number of nitrogen functional groups attached to an aromatic ring is 2. The van der Waals surface area contributed by atoms with E-state index >= 15 is 0 Å². The molecule has 5 N–H and O–H groups in total. The summed E-state index contributed by atoms with van der Waals surface area (Å²) in [6, 6.07) is 13.2. The Kier molecular flexibility index (Phi) is 3.50. The van der Waals surface area contributed by atoms with Crippen molar-refractivity contribution in [3.63, 3.8) is 0 Å². The Morgan fingerprint density at radius 2 is 1.77 bits per heavy atom. The van der Waals surface area contributed by atoms with Crippen LogP contribution >= 0.6 is 0 Å². The zero-order valence-corrected chi connectivity index (χ0v) is 14.4. The van der Waals surface area contributed by atoms with Gasteiger partial charge in [0, 0.05) is 5.69 Å². The molecule has 0 aliphatic carbocycles. The quantitative estimate of drug-likeness (QED) is 0.483. The number of aromatic nitrogens is 3. The van der Waals surface area contributed by atoms with Crippen LogP contribution in [0.25, 0.3) is 22.2 Å². The van der Waals surface area contributed by atoms with Crippen LogP contribution in [0.5, 0.6) is 0 Å². The van der Waals surface area contributed by atoms with E-state index in [0.29, 0.717) is 22.2 Å². The number of benzene rings is 2. The number of anilines is 2. The minimum absolute atomic E-state index is 0.123. The topological polar surface area (TPSA) is 112 Å². The largest absolute Gasteiger partial charge is 0.383 e. The fourth-order valence-electron chi connectivity index (χ4n) is 2.96. The normalized spacial score (nSPS) is 11.2. The molecule has 26 heavy (non-hydrogen) atoms. The van der Waals surface area contributed by atoms with Gasteiger partial charge in [0.15, 0.2) is 5.65 Å². The van der Waals surface area contributed by atoms with Crippen molar-refractivity contribution in [2.24, 2.45) is 0 Å². The second kappa shape index (κ2) is 5.73. The van der Waals surface area contributed by atoms with Crippen LogP contribution in [0.2, 0.25) is 0 Å². The van der Waals surface area contributed by atoms with Gasteiger partial charge in [-0.25, -0.2) is 14.6 Å². The minimum atomic E-state index is -0.366. The lowest BCUT2D eigenvalue weighted by Crippen LogP contribution is -2.17. The van der Waals surface area contributed by atoms with Gasteiger partial charge in [-0.3, -0.25) is 4.79 Å². The van der Waals surface area contributed by atoms with E-state index in [-0.39, 0.29) is 17.3 Å². The highest BCUT2D eigenvalue weighted by atomic mass is 16.1. The lowest BCUT2D eigenvalue weighted by molar-refractivity contribution is 0.102. The number of aryl methyl sites for hydroxylation is 2. The van der Waals surface area contributed by atoms with E-state index in [1.54, 1.807) is 0 Å². The molecule has 2 aromatic heterocycles. The number of carbonyl (C=O) groups excluding carboxylic acids is 1. The van der Waals surface area contributed by atoms with Crippen molar-refractivity contribution in [1.82, 2.24) is 14.6 Å². The maximum atomic E-state index is 12.9. The predicted molar refractivity (Wildman–Crippen MR) is 103 cm³/mol. The summed E-state index contributed by atoms with van der Waals surface area (Å²) in [7, 11) is 0. The van der Waals surface area contributed by atoms with Crippen molar-refractivity contribution in [1.29, 1.82) is 0 Å². The van der Waals surface area contributed by atoms with Gasteiger partial charge >= 0.3 is 0 Å². The minimum Gasteiger partial charge on any atom is -0.383 e. The Labute approximate surface area is 149 Å². The van der Waals surface area contributed by atoms with E-state index in [2.05, 4.69) is 15.3 Å². The Bertz CT molecular complexity index is 1180. The smallest absolute Gasteiger partial charge is 0.261 e. The molecular weight excluding hydrogens is 328 g/mol. The third-order valence-electron chi connectivity index (χ3n) is 4.40. The van der Waals surface area contributed by atoms with E-state index in [4.69, 9.17) is 11.6 Å². The third kappa shape index (κ3) is 2.41. The Hall–Kier alpha value is -3.61. The zero-order chi connectivity index (χ0) is 18.4. The van der Waals surface area contributed by atoms with Crippen molar-refractivity contribution in [2.75, 3.05) is 16.9 Å². The molecule has 130 valence electrons. The standard InChI is InChI=1S/C19H18N6O/c1-10-7-8-11(2)14(9-10)24-19(26)15-16-18(25(21)17(15)20)23-13-6-4-3-5-12(13)22-16/h3-9H,20-21H2,1-2H3,(H,24,26). The fourth-order valence-corrected chi connectivity index (χ4v) is 2.96. The van der Waals surface area contributed by atoms with Crippen molar-refractivity contribution in [3.8, 4) is 0 Å². The van der Waals surface area contributed by atoms with Gasteiger partial charge in [0.05, 0.1) is 11.0 Å². The van der Waals surface area contributed by atoms with Crippen LogP contribution in [0.1, 0.15) is 21.5 Å². The molecule has 0 spiro atoms. The number of nitrogens with zero attached hydrogens (tertiary/aromatic N) is 3. The first-order chi connectivity index (χ1) is 12.5. The molecule has 4 rings (SSSR count). The van der Waals surface area contributed by atoms with E-state index < -0.39 is 0 Å². The summed E-state index contributed by atoms with van der Waals surface area (Å²) >= 11 is 0. The lowest BCUT2D eigenvalue weighted by Gasteiger charge is -2.09. The average Bonchev–Trinajstić information content (AvgIpc) is 2.87. The van der Waals surface area contributed by atoms with Gasteiger partial charge in [-0.2, -0.15) is 0 Å². The maximum absolute atomic E-state index is 12.9. The second-order valence-electron chi connectivity index (χ2n) is 6.29. The summed E-state index contributed by atoms with van der Waals surface area (Å²) in [4.78, 5) is 22.0. The van der Waals surface area contributed by atoms with E-state index in [0.717, 1.165) is 16.8 Å². The number of para-hydroxylation sites is 2. The molecule has 1 amide bonds. The van der Waals surface area contributed by atoms with Gasteiger partial charge in [-0.1, -0.05) is 24.3 Å². The molecule has 0 saturated heterocycles.